The molecule has 25 heavy (non-hydrogen) atoms. The predicted molar refractivity (Wildman–Crippen MR) is 84.9 cm³/mol. The van der Waals surface area contributed by atoms with Crippen molar-refractivity contribution in [3.8, 4) is 5.88 Å². The number of halogens is 4. The van der Waals surface area contributed by atoms with Crippen LogP contribution in [0.4, 0.5) is 13.2 Å². The summed E-state index contributed by atoms with van der Waals surface area (Å²) in [6, 6.07) is 1.32. The predicted octanol–water partition coefficient (Wildman–Crippen LogP) is 3.71. The van der Waals surface area contributed by atoms with Crippen LogP contribution >= 0.6 is 11.6 Å². The SMILES string of the molecule is NC(=O)c1cnc(OCC23CC4(F)CC(F)(CC(F)(C4)C2)C3)c(Cl)c1. The third kappa shape index (κ3) is 2.86. The Hall–Kier alpha value is -1.50. The number of primary amides is 1. The molecule has 5 rings (SSSR count). The quantitative estimate of drug-likeness (QED) is 0.873. The van der Waals surface area contributed by atoms with Gasteiger partial charge < -0.3 is 10.5 Å². The van der Waals surface area contributed by atoms with Crippen LogP contribution in [0.25, 0.3) is 0 Å². The van der Waals surface area contributed by atoms with Gasteiger partial charge in [-0.25, -0.2) is 18.2 Å². The lowest BCUT2D eigenvalue weighted by Gasteiger charge is -2.62. The summed E-state index contributed by atoms with van der Waals surface area (Å²) in [6.07, 6.45) is 0.739. The summed E-state index contributed by atoms with van der Waals surface area (Å²) in [5, 5.41) is 0.0703. The van der Waals surface area contributed by atoms with Gasteiger partial charge in [0, 0.05) is 30.9 Å². The number of carbonyl (C=O) groups is 1. The molecule has 136 valence electrons. The first-order chi connectivity index (χ1) is 11.5. The van der Waals surface area contributed by atoms with Gasteiger partial charge in [0.2, 0.25) is 11.8 Å². The second kappa shape index (κ2) is 5.02. The van der Waals surface area contributed by atoms with Gasteiger partial charge in [0.05, 0.1) is 12.2 Å². The number of carbonyl (C=O) groups excluding carboxylic acids is 1. The molecular formula is C17H18ClF3N2O2. The van der Waals surface area contributed by atoms with Gasteiger partial charge >= 0.3 is 0 Å². The van der Waals surface area contributed by atoms with Crippen molar-refractivity contribution in [3.63, 3.8) is 0 Å². The first kappa shape index (κ1) is 16.9. The highest BCUT2D eigenvalue weighted by Crippen LogP contribution is 2.68. The number of alkyl halides is 3. The van der Waals surface area contributed by atoms with Crippen LogP contribution in [-0.2, 0) is 0 Å². The van der Waals surface area contributed by atoms with Crippen molar-refractivity contribution in [2.24, 2.45) is 11.1 Å². The van der Waals surface area contributed by atoms with Crippen molar-refractivity contribution in [2.75, 3.05) is 6.61 Å². The largest absolute Gasteiger partial charge is 0.476 e. The number of hydrogen-bond acceptors (Lipinski definition) is 3. The maximum atomic E-state index is 14.9. The number of nitrogens with two attached hydrogens (primary N) is 1. The fraction of sp³-hybridized carbons (Fsp3) is 0.647. The second-order valence-corrected chi connectivity index (χ2v) is 8.58. The lowest BCUT2D eigenvalue weighted by Crippen LogP contribution is -2.66. The Balaban J connectivity index is 1.56. The van der Waals surface area contributed by atoms with E-state index in [4.69, 9.17) is 22.1 Å². The summed E-state index contributed by atoms with van der Waals surface area (Å²) in [5.74, 6) is -0.642. The van der Waals surface area contributed by atoms with Gasteiger partial charge in [-0.05, 0) is 25.3 Å². The van der Waals surface area contributed by atoms with Gasteiger partial charge in [0.15, 0.2) is 0 Å². The number of rotatable bonds is 4. The fourth-order valence-electron chi connectivity index (χ4n) is 5.51. The zero-order valence-electron chi connectivity index (χ0n) is 13.5. The first-order valence-corrected chi connectivity index (χ1v) is 8.56. The van der Waals surface area contributed by atoms with Crippen LogP contribution in [0.5, 0.6) is 5.88 Å². The molecule has 2 N–H and O–H groups in total. The Morgan fingerprint density at radius 1 is 1.12 bits per heavy atom. The maximum absolute atomic E-state index is 14.9. The van der Waals surface area contributed by atoms with Crippen LogP contribution in [0.15, 0.2) is 12.3 Å². The maximum Gasteiger partial charge on any atom is 0.250 e. The van der Waals surface area contributed by atoms with E-state index in [-0.39, 0.29) is 61.6 Å². The van der Waals surface area contributed by atoms with E-state index in [1.807, 2.05) is 0 Å². The van der Waals surface area contributed by atoms with E-state index in [1.165, 1.54) is 12.3 Å². The second-order valence-electron chi connectivity index (χ2n) is 8.18. The first-order valence-electron chi connectivity index (χ1n) is 8.19. The van der Waals surface area contributed by atoms with Gasteiger partial charge in [0.25, 0.3) is 0 Å². The molecule has 8 heteroatoms. The number of ether oxygens (including phenoxy) is 1. The highest BCUT2D eigenvalue weighted by molar-refractivity contribution is 6.32. The van der Waals surface area contributed by atoms with Gasteiger partial charge in [-0.1, -0.05) is 11.6 Å². The van der Waals surface area contributed by atoms with Crippen LogP contribution < -0.4 is 10.5 Å². The Kier molecular flexibility index (Phi) is 3.40. The summed E-state index contributed by atoms with van der Waals surface area (Å²) >= 11 is 6.02. The van der Waals surface area contributed by atoms with Crippen LogP contribution in [-0.4, -0.2) is 34.5 Å². The zero-order valence-corrected chi connectivity index (χ0v) is 14.2. The minimum atomic E-state index is -1.82. The molecule has 1 aromatic heterocycles. The highest BCUT2D eigenvalue weighted by Gasteiger charge is 2.70. The van der Waals surface area contributed by atoms with Gasteiger partial charge in [0.1, 0.15) is 22.0 Å². The highest BCUT2D eigenvalue weighted by atomic mass is 35.5. The Labute approximate surface area is 147 Å². The molecule has 0 aromatic carbocycles. The molecule has 0 unspecified atom stereocenters. The lowest BCUT2D eigenvalue weighted by molar-refractivity contribution is -0.223. The molecule has 4 aliphatic carbocycles. The molecule has 4 bridgehead atoms. The molecular weight excluding hydrogens is 357 g/mol. The van der Waals surface area contributed by atoms with Gasteiger partial charge in [-0.15, -0.1) is 0 Å². The fourth-order valence-corrected chi connectivity index (χ4v) is 5.73. The number of amides is 1. The molecule has 1 heterocycles. The molecule has 0 atom stereocenters. The molecule has 1 aromatic rings. The molecule has 4 fully saturated rings. The molecule has 4 saturated carbocycles. The smallest absolute Gasteiger partial charge is 0.250 e. The third-order valence-corrected chi connectivity index (χ3v) is 5.85. The standard InChI is InChI=1S/C17H18ClF3N2O2/c18-11-1-10(12(22)24)2-23-13(11)25-9-14-3-15(19)6-16(20,4-14)8-17(21,5-14)7-15/h1-2H,3-9H2,(H2,22,24). The molecule has 0 radical (unpaired) electrons. The number of nitrogens with zero attached hydrogens (tertiary/aromatic N) is 1. The van der Waals surface area contributed by atoms with Crippen LogP contribution in [0.3, 0.4) is 0 Å². The average Bonchev–Trinajstić information content (AvgIpc) is 2.40. The molecule has 0 spiro atoms. The molecule has 4 nitrogen and oxygen atoms in total. The van der Waals surface area contributed by atoms with Crippen LogP contribution in [0, 0.1) is 5.41 Å². The molecule has 0 aliphatic heterocycles. The van der Waals surface area contributed by atoms with Crippen molar-refractivity contribution in [2.45, 2.75) is 55.5 Å². The number of pyridine rings is 1. The average molecular weight is 375 g/mol. The van der Waals surface area contributed by atoms with E-state index in [0.29, 0.717) is 0 Å². The molecule has 4 aliphatic rings. The Morgan fingerprint density at radius 3 is 2.08 bits per heavy atom. The third-order valence-electron chi connectivity index (χ3n) is 5.58. The monoisotopic (exact) mass is 374 g/mol. The van der Waals surface area contributed by atoms with Crippen molar-refractivity contribution in [1.82, 2.24) is 4.98 Å². The number of aromatic nitrogens is 1. The van der Waals surface area contributed by atoms with Crippen LogP contribution in [0.2, 0.25) is 5.02 Å². The minimum Gasteiger partial charge on any atom is -0.476 e. The van der Waals surface area contributed by atoms with Crippen LogP contribution in [0.1, 0.15) is 48.9 Å². The van der Waals surface area contributed by atoms with E-state index in [2.05, 4.69) is 4.98 Å². The summed E-state index contributed by atoms with van der Waals surface area (Å²) in [6.45, 7) is -0.0708. The van der Waals surface area contributed by atoms with Crippen molar-refractivity contribution >= 4 is 17.5 Å². The number of hydrogen-bond donors (Lipinski definition) is 1. The summed E-state index contributed by atoms with van der Waals surface area (Å²) < 4.78 is 50.4. The Morgan fingerprint density at radius 2 is 1.64 bits per heavy atom. The van der Waals surface area contributed by atoms with Gasteiger partial charge in [-0.3, -0.25) is 4.79 Å². The summed E-state index contributed by atoms with van der Waals surface area (Å²) in [4.78, 5) is 15.0. The van der Waals surface area contributed by atoms with E-state index in [1.54, 1.807) is 0 Å². The van der Waals surface area contributed by atoms with E-state index in [9.17, 15) is 18.0 Å². The topological polar surface area (TPSA) is 65.2 Å². The van der Waals surface area contributed by atoms with E-state index < -0.39 is 28.3 Å². The normalized spacial score (nSPS) is 41.8. The summed E-state index contributed by atoms with van der Waals surface area (Å²) in [5.41, 5.74) is -1.12. The van der Waals surface area contributed by atoms with E-state index in [0.717, 1.165) is 0 Å². The zero-order chi connectivity index (χ0) is 18.1. The minimum absolute atomic E-state index is 0.0381. The Bertz CT molecular complexity index is 706. The van der Waals surface area contributed by atoms with Crippen molar-refractivity contribution < 1.29 is 22.7 Å². The van der Waals surface area contributed by atoms with Gasteiger partial charge in [-0.2, -0.15) is 0 Å². The summed E-state index contributed by atoms with van der Waals surface area (Å²) in [7, 11) is 0. The van der Waals surface area contributed by atoms with Crippen molar-refractivity contribution in [3.05, 3.63) is 22.8 Å². The van der Waals surface area contributed by atoms with Crippen molar-refractivity contribution in [1.29, 1.82) is 0 Å². The van der Waals surface area contributed by atoms with E-state index >= 15 is 0 Å². The molecule has 0 saturated heterocycles. The lowest BCUT2D eigenvalue weighted by atomic mass is 9.46. The molecule has 1 amide bonds.